The lowest BCUT2D eigenvalue weighted by molar-refractivity contribution is 0.480. The summed E-state index contributed by atoms with van der Waals surface area (Å²) in [5.41, 5.74) is 14.0. The zero-order valence-corrected chi connectivity index (χ0v) is 42.9. The van der Waals surface area contributed by atoms with Gasteiger partial charge in [-0.25, -0.2) is 4.98 Å². The highest BCUT2D eigenvalue weighted by atomic mass is 16.5. The lowest BCUT2D eigenvalue weighted by Gasteiger charge is -2.31. The molecule has 0 unspecified atom stereocenters. The van der Waals surface area contributed by atoms with Crippen LogP contribution >= 0.6 is 0 Å². The molecular weight excluding hydrogens is 829 g/mol. The van der Waals surface area contributed by atoms with Gasteiger partial charge < -0.3 is 14.5 Å². The van der Waals surface area contributed by atoms with Crippen molar-refractivity contribution in [3.8, 4) is 17.3 Å². The van der Waals surface area contributed by atoms with E-state index < -0.39 is 0 Å². The third-order valence-corrected chi connectivity index (χ3v) is 14.0. The fourth-order valence-electron chi connectivity index (χ4n) is 9.45. The number of hydrogen-bond acceptors (Lipinski definition) is 4. The van der Waals surface area contributed by atoms with E-state index in [1.807, 2.05) is 6.20 Å². The number of rotatable bonds is 8. The number of ether oxygens (including phenoxy) is 1. The number of fused-ring (bicyclic) bond motifs is 3. The standard InChI is InChI=1S/C63H70N4O/c1-59(2,3)44-25-28-55-54(36-44)53-27-26-51(39-56(53)67(55)58-37-45(29-30-64-58)60(4,5)6)68-52-35-48(63(13,14)43-23-19-16-20-24-43)34-49(38-52)65-40-57(42-21-17-15-18-22-42)66(41-65)50-32-46(61(7,8)9)31-47(33-50)62(10,11)12/h15-40H,41H2,1-14H3. The monoisotopic (exact) mass is 899 g/mol. The average molecular weight is 899 g/mol. The van der Waals surface area contributed by atoms with Crippen LogP contribution in [0.2, 0.25) is 0 Å². The zero-order chi connectivity index (χ0) is 48.6. The minimum Gasteiger partial charge on any atom is -0.457 e. The number of anilines is 2. The molecule has 3 heterocycles. The third-order valence-electron chi connectivity index (χ3n) is 14.0. The van der Waals surface area contributed by atoms with Gasteiger partial charge in [0.1, 0.15) is 17.3 Å². The summed E-state index contributed by atoms with van der Waals surface area (Å²) in [6.45, 7) is 32.7. The molecule has 0 saturated heterocycles. The Bertz CT molecular complexity index is 3150. The van der Waals surface area contributed by atoms with Crippen LogP contribution in [0.25, 0.3) is 33.3 Å². The summed E-state index contributed by atoms with van der Waals surface area (Å²) in [6.07, 6.45) is 4.27. The second kappa shape index (κ2) is 16.9. The topological polar surface area (TPSA) is 33.5 Å². The molecule has 0 atom stereocenters. The number of benzene rings is 6. The average Bonchev–Trinajstić information content (AvgIpc) is 3.88. The van der Waals surface area contributed by atoms with Crippen LogP contribution in [0.5, 0.6) is 11.5 Å². The van der Waals surface area contributed by atoms with Crippen LogP contribution in [0, 0.1) is 0 Å². The first kappa shape index (κ1) is 46.5. The molecule has 0 radical (unpaired) electrons. The lowest BCUT2D eigenvalue weighted by atomic mass is 9.78. The Morgan fingerprint density at radius 3 is 1.68 bits per heavy atom. The molecule has 0 amide bonds. The van der Waals surface area contributed by atoms with Gasteiger partial charge in [0.05, 0.1) is 23.4 Å². The minimum absolute atomic E-state index is 0.00156. The van der Waals surface area contributed by atoms with Gasteiger partial charge in [-0.2, -0.15) is 0 Å². The number of pyridine rings is 1. The molecule has 0 spiro atoms. The molecular formula is C63H70N4O. The molecule has 0 bridgehead atoms. The van der Waals surface area contributed by atoms with E-state index in [0.29, 0.717) is 6.67 Å². The Balaban J connectivity index is 1.20. The third kappa shape index (κ3) is 9.08. The molecule has 6 aromatic carbocycles. The maximum absolute atomic E-state index is 7.14. The molecule has 0 fully saturated rings. The van der Waals surface area contributed by atoms with Gasteiger partial charge in [0.25, 0.3) is 0 Å². The summed E-state index contributed by atoms with van der Waals surface area (Å²) in [5, 5.41) is 2.38. The van der Waals surface area contributed by atoms with Gasteiger partial charge in [-0.3, -0.25) is 4.57 Å². The molecule has 0 saturated carbocycles. The van der Waals surface area contributed by atoms with Gasteiger partial charge in [-0.1, -0.05) is 170 Å². The van der Waals surface area contributed by atoms with Crippen molar-refractivity contribution in [1.82, 2.24) is 9.55 Å². The summed E-state index contributed by atoms with van der Waals surface area (Å²) >= 11 is 0. The summed E-state index contributed by atoms with van der Waals surface area (Å²) in [5.74, 6) is 2.45. The lowest BCUT2D eigenvalue weighted by Crippen LogP contribution is -2.28. The zero-order valence-electron chi connectivity index (χ0n) is 42.9. The molecule has 8 aromatic rings. The quantitative estimate of drug-likeness (QED) is 0.152. The van der Waals surface area contributed by atoms with E-state index >= 15 is 0 Å². The first-order valence-corrected chi connectivity index (χ1v) is 24.4. The van der Waals surface area contributed by atoms with Gasteiger partial charge in [-0.05, 0) is 121 Å². The molecule has 5 nitrogen and oxygen atoms in total. The van der Waals surface area contributed by atoms with Gasteiger partial charge in [-0.15, -0.1) is 0 Å². The van der Waals surface area contributed by atoms with Crippen molar-refractivity contribution in [3.05, 3.63) is 197 Å². The van der Waals surface area contributed by atoms with E-state index in [4.69, 9.17) is 9.72 Å². The summed E-state index contributed by atoms with van der Waals surface area (Å²) in [7, 11) is 0. The minimum atomic E-state index is -0.325. The van der Waals surface area contributed by atoms with Crippen LogP contribution in [0.15, 0.2) is 158 Å². The Morgan fingerprint density at radius 2 is 1.04 bits per heavy atom. The Kier molecular flexibility index (Phi) is 11.5. The van der Waals surface area contributed by atoms with Crippen molar-refractivity contribution >= 4 is 38.9 Å². The van der Waals surface area contributed by atoms with Crippen molar-refractivity contribution in [1.29, 1.82) is 0 Å². The second-order valence-electron chi connectivity index (χ2n) is 23.6. The van der Waals surface area contributed by atoms with Crippen molar-refractivity contribution in [3.63, 3.8) is 0 Å². The molecule has 68 heavy (non-hydrogen) atoms. The van der Waals surface area contributed by atoms with E-state index in [1.54, 1.807) is 0 Å². The molecule has 348 valence electrons. The summed E-state index contributed by atoms with van der Waals surface area (Å²) in [6, 6.07) is 53.5. The normalized spacial score (nSPS) is 14.0. The predicted octanol–water partition coefficient (Wildman–Crippen LogP) is 16.8. The fourth-order valence-corrected chi connectivity index (χ4v) is 9.45. The van der Waals surface area contributed by atoms with E-state index in [2.05, 4.69) is 263 Å². The van der Waals surface area contributed by atoms with Crippen molar-refractivity contribution in [2.24, 2.45) is 0 Å². The summed E-state index contributed by atoms with van der Waals surface area (Å²) < 4.78 is 9.45. The van der Waals surface area contributed by atoms with Crippen molar-refractivity contribution in [2.45, 2.75) is 124 Å². The summed E-state index contributed by atoms with van der Waals surface area (Å²) in [4.78, 5) is 9.87. The van der Waals surface area contributed by atoms with Gasteiger partial charge in [0.2, 0.25) is 0 Å². The van der Waals surface area contributed by atoms with E-state index in [0.717, 1.165) is 39.7 Å². The van der Waals surface area contributed by atoms with Crippen LogP contribution in [0.3, 0.4) is 0 Å². The van der Waals surface area contributed by atoms with Crippen LogP contribution in [0.1, 0.15) is 136 Å². The van der Waals surface area contributed by atoms with Gasteiger partial charge >= 0.3 is 0 Å². The SMILES string of the molecule is CC(C)(C)c1cc(N2CN(c3cc(Oc4ccc5c6cc(C(C)(C)C)ccc6n(-c6cc(C(C)(C)C)ccn6)c5c4)cc(C(C)(C)c4ccccc4)c3)C=C2c2ccccc2)cc(C(C)(C)C)c1. The number of aromatic nitrogens is 2. The van der Waals surface area contributed by atoms with Crippen molar-refractivity contribution < 1.29 is 4.74 Å². The first-order valence-electron chi connectivity index (χ1n) is 24.4. The first-order chi connectivity index (χ1) is 31.9. The van der Waals surface area contributed by atoms with Crippen LogP contribution < -0.4 is 14.5 Å². The van der Waals surface area contributed by atoms with Gasteiger partial charge in [0, 0.05) is 52.1 Å². The Hall–Kier alpha value is -6.59. The molecule has 2 aromatic heterocycles. The van der Waals surface area contributed by atoms with E-state index in [-0.39, 0.29) is 27.1 Å². The number of nitrogens with zero attached hydrogens (tertiary/aromatic N) is 4. The Morgan fingerprint density at radius 1 is 0.441 bits per heavy atom. The highest BCUT2D eigenvalue weighted by molar-refractivity contribution is 6.10. The van der Waals surface area contributed by atoms with Crippen LogP contribution in [0.4, 0.5) is 11.4 Å². The predicted molar refractivity (Wildman–Crippen MR) is 289 cm³/mol. The van der Waals surface area contributed by atoms with Gasteiger partial charge in [0.15, 0.2) is 0 Å². The highest BCUT2D eigenvalue weighted by Gasteiger charge is 2.31. The number of hydrogen-bond donors (Lipinski definition) is 0. The van der Waals surface area contributed by atoms with E-state index in [9.17, 15) is 0 Å². The largest absolute Gasteiger partial charge is 0.457 e. The molecule has 0 N–H and O–H groups in total. The molecule has 9 rings (SSSR count). The molecule has 1 aliphatic rings. The molecule has 0 aliphatic carbocycles. The second-order valence-corrected chi connectivity index (χ2v) is 23.6. The molecule has 1 aliphatic heterocycles. The van der Waals surface area contributed by atoms with Crippen LogP contribution in [-0.2, 0) is 27.1 Å². The van der Waals surface area contributed by atoms with Crippen LogP contribution in [-0.4, -0.2) is 16.2 Å². The Labute approximate surface area is 406 Å². The molecule has 5 heteroatoms. The highest BCUT2D eigenvalue weighted by Crippen LogP contribution is 2.44. The smallest absolute Gasteiger partial charge is 0.137 e. The maximum Gasteiger partial charge on any atom is 0.137 e. The maximum atomic E-state index is 7.14. The van der Waals surface area contributed by atoms with E-state index in [1.165, 1.54) is 55.4 Å². The van der Waals surface area contributed by atoms with Crippen molar-refractivity contribution in [2.75, 3.05) is 16.5 Å². The fraction of sp³-hybridized carbons (Fsp3) is 0.317.